The largest absolute Gasteiger partial charge is 0.479 e. The minimum absolute atomic E-state index is 0.225. The van der Waals surface area contributed by atoms with Gasteiger partial charge >= 0.3 is 5.97 Å². The Morgan fingerprint density at radius 1 is 1.18 bits per heavy atom. The molecule has 0 aliphatic carbocycles. The lowest BCUT2D eigenvalue weighted by Gasteiger charge is -2.18. The van der Waals surface area contributed by atoms with Crippen LogP contribution in [0.3, 0.4) is 0 Å². The molecule has 2 unspecified atom stereocenters. The van der Waals surface area contributed by atoms with Crippen molar-refractivity contribution in [3.63, 3.8) is 0 Å². The Hall–Kier alpha value is -2.01. The molecule has 22 heavy (non-hydrogen) atoms. The maximum Gasteiger partial charge on any atom is 0.330 e. The number of thioether (sulfide) groups is 1. The van der Waals surface area contributed by atoms with Crippen molar-refractivity contribution in [2.45, 2.75) is 13.0 Å². The molecule has 0 aliphatic rings. The fourth-order valence-electron chi connectivity index (χ4n) is 2.29. The third kappa shape index (κ3) is 3.80. The van der Waals surface area contributed by atoms with Crippen LogP contribution in [-0.2, 0) is 9.59 Å². The molecule has 2 atom stereocenters. The van der Waals surface area contributed by atoms with Crippen LogP contribution in [0.25, 0.3) is 10.8 Å². The Kier molecular flexibility index (Phi) is 5.44. The smallest absolute Gasteiger partial charge is 0.330 e. The fraction of sp³-hybridized carbons (Fsp3) is 0.294. The molecule has 2 rings (SSSR count). The molecule has 0 saturated carbocycles. The van der Waals surface area contributed by atoms with E-state index in [-0.39, 0.29) is 11.8 Å². The molecule has 0 saturated heterocycles. The van der Waals surface area contributed by atoms with Crippen molar-refractivity contribution in [1.82, 2.24) is 5.32 Å². The van der Waals surface area contributed by atoms with Gasteiger partial charge in [-0.05, 0) is 28.7 Å². The van der Waals surface area contributed by atoms with Crippen LogP contribution in [0.15, 0.2) is 42.5 Å². The molecular formula is C17H19NO3S. The second kappa shape index (κ2) is 7.31. The minimum atomic E-state index is -1.06. The Bertz CT molecular complexity index is 686. The second-order valence-electron chi connectivity index (χ2n) is 5.24. The summed E-state index contributed by atoms with van der Waals surface area (Å²) in [4.78, 5) is 23.6. The number of carbonyl (C=O) groups excluding carboxylic acids is 1. The van der Waals surface area contributed by atoms with E-state index >= 15 is 0 Å². The van der Waals surface area contributed by atoms with Crippen LogP contribution in [0, 0.1) is 5.92 Å². The van der Waals surface area contributed by atoms with Crippen molar-refractivity contribution >= 4 is 34.4 Å². The van der Waals surface area contributed by atoms with Gasteiger partial charge in [-0.2, -0.15) is 11.8 Å². The number of hydrogen-bond acceptors (Lipinski definition) is 3. The molecule has 2 aromatic carbocycles. The zero-order chi connectivity index (χ0) is 16.1. The van der Waals surface area contributed by atoms with Crippen LogP contribution < -0.4 is 5.32 Å². The summed E-state index contributed by atoms with van der Waals surface area (Å²) in [7, 11) is 0. The van der Waals surface area contributed by atoms with Gasteiger partial charge in [-0.25, -0.2) is 4.79 Å². The number of carboxylic acid groups (broad SMARTS) is 1. The summed E-state index contributed by atoms with van der Waals surface area (Å²) in [6.07, 6.45) is 1.92. The number of aliphatic carboxylic acids is 1. The van der Waals surface area contributed by atoms with E-state index in [1.807, 2.05) is 42.7 Å². The summed E-state index contributed by atoms with van der Waals surface area (Å²) in [5.74, 6) is -0.859. The van der Waals surface area contributed by atoms with Gasteiger partial charge in [0.2, 0.25) is 5.91 Å². The lowest BCUT2D eigenvalue weighted by Crippen LogP contribution is -2.37. The lowest BCUT2D eigenvalue weighted by molar-refractivity contribution is -0.142. The first kappa shape index (κ1) is 16.4. The lowest BCUT2D eigenvalue weighted by atomic mass is 10.0. The highest BCUT2D eigenvalue weighted by molar-refractivity contribution is 7.98. The number of amides is 1. The van der Waals surface area contributed by atoms with Crippen LogP contribution in [0.4, 0.5) is 0 Å². The maximum absolute atomic E-state index is 12.1. The van der Waals surface area contributed by atoms with Crippen LogP contribution in [0.1, 0.15) is 18.5 Å². The van der Waals surface area contributed by atoms with Crippen LogP contribution in [-0.4, -0.2) is 29.0 Å². The molecule has 0 radical (unpaired) electrons. The van der Waals surface area contributed by atoms with Crippen molar-refractivity contribution in [3.05, 3.63) is 48.0 Å². The molecular weight excluding hydrogens is 298 g/mol. The molecule has 2 aromatic rings. The summed E-state index contributed by atoms with van der Waals surface area (Å²) >= 11 is 1.56. The highest BCUT2D eigenvalue weighted by Crippen LogP contribution is 2.21. The third-order valence-electron chi connectivity index (χ3n) is 3.50. The molecule has 0 spiro atoms. The van der Waals surface area contributed by atoms with Crippen LogP contribution in [0.2, 0.25) is 0 Å². The highest BCUT2D eigenvalue weighted by atomic mass is 32.2. The monoisotopic (exact) mass is 317 g/mol. The molecule has 0 fully saturated rings. The molecule has 4 nitrogen and oxygen atoms in total. The molecule has 5 heteroatoms. The van der Waals surface area contributed by atoms with E-state index in [1.165, 1.54) is 0 Å². The number of benzene rings is 2. The average molecular weight is 317 g/mol. The molecule has 1 amide bonds. The zero-order valence-electron chi connectivity index (χ0n) is 12.6. The number of fused-ring (bicyclic) bond motifs is 1. The number of rotatable bonds is 6. The molecule has 0 bridgehead atoms. The highest BCUT2D eigenvalue weighted by Gasteiger charge is 2.24. The van der Waals surface area contributed by atoms with Gasteiger partial charge in [0.15, 0.2) is 6.04 Å². The first-order valence-electron chi connectivity index (χ1n) is 7.03. The predicted molar refractivity (Wildman–Crippen MR) is 90.0 cm³/mol. The van der Waals surface area contributed by atoms with Gasteiger partial charge in [-0.15, -0.1) is 0 Å². The van der Waals surface area contributed by atoms with Gasteiger partial charge in [0.25, 0.3) is 0 Å². The van der Waals surface area contributed by atoms with E-state index in [4.69, 9.17) is 0 Å². The Morgan fingerprint density at radius 2 is 1.86 bits per heavy atom. The van der Waals surface area contributed by atoms with Crippen molar-refractivity contribution in [2.24, 2.45) is 5.92 Å². The molecule has 2 N–H and O–H groups in total. The Morgan fingerprint density at radius 3 is 2.50 bits per heavy atom. The Balaban J connectivity index is 2.26. The normalized spacial score (nSPS) is 13.5. The second-order valence-corrected chi connectivity index (χ2v) is 6.15. The Labute approximate surface area is 133 Å². The van der Waals surface area contributed by atoms with Crippen molar-refractivity contribution < 1.29 is 14.7 Å². The number of carbonyl (C=O) groups is 2. The first-order chi connectivity index (χ1) is 10.5. The predicted octanol–water partition coefficient (Wildman–Crippen LogP) is 3.08. The van der Waals surface area contributed by atoms with Gasteiger partial charge in [0.1, 0.15) is 0 Å². The minimum Gasteiger partial charge on any atom is -0.479 e. The molecule has 0 aliphatic heterocycles. The SMILES string of the molecule is CSCC(C)C(=O)NC(C(=O)O)c1ccc2ccccc2c1. The van der Waals surface area contributed by atoms with Gasteiger partial charge in [-0.3, -0.25) is 4.79 Å². The summed E-state index contributed by atoms with van der Waals surface area (Å²) in [6.45, 7) is 1.80. The number of carboxylic acids is 1. The van der Waals surface area contributed by atoms with Gasteiger partial charge < -0.3 is 10.4 Å². The van der Waals surface area contributed by atoms with E-state index in [0.29, 0.717) is 11.3 Å². The van der Waals surface area contributed by atoms with E-state index in [0.717, 1.165) is 10.8 Å². The zero-order valence-corrected chi connectivity index (χ0v) is 13.4. The molecule has 0 heterocycles. The summed E-state index contributed by atoms with van der Waals surface area (Å²) in [5.41, 5.74) is 0.580. The number of nitrogens with one attached hydrogen (secondary N) is 1. The average Bonchev–Trinajstić information content (AvgIpc) is 2.51. The summed E-state index contributed by atoms with van der Waals surface area (Å²) in [6, 6.07) is 12.1. The maximum atomic E-state index is 12.1. The van der Waals surface area contributed by atoms with Gasteiger partial charge in [0.05, 0.1) is 0 Å². The van der Waals surface area contributed by atoms with E-state index in [1.54, 1.807) is 24.8 Å². The summed E-state index contributed by atoms with van der Waals surface area (Å²) in [5, 5.41) is 14.1. The van der Waals surface area contributed by atoms with E-state index in [2.05, 4.69) is 5.32 Å². The third-order valence-corrected chi connectivity index (χ3v) is 4.34. The topological polar surface area (TPSA) is 66.4 Å². The van der Waals surface area contributed by atoms with Crippen molar-refractivity contribution in [1.29, 1.82) is 0 Å². The van der Waals surface area contributed by atoms with Gasteiger partial charge in [0, 0.05) is 11.7 Å². The van der Waals surface area contributed by atoms with Crippen LogP contribution >= 0.6 is 11.8 Å². The van der Waals surface area contributed by atoms with Gasteiger partial charge in [-0.1, -0.05) is 43.3 Å². The van der Waals surface area contributed by atoms with Crippen LogP contribution in [0.5, 0.6) is 0 Å². The first-order valence-corrected chi connectivity index (χ1v) is 8.43. The molecule has 0 aromatic heterocycles. The number of hydrogen-bond donors (Lipinski definition) is 2. The van der Waals surface area contributed by atoms with Crippen molar-refractivity contribution in [2.75, 3.05) is 12.0 Å². The molecule has 116 valence electrons. The van der Waals surface area contributed by atoms with E-state index < -0.39 is 12.0 Å². The van der Waals surface area contributed by atoms with E-state index in [9.17, 15) is 14.7 Å². The fourth-order valence-corrected chi connectivity index (χ4v) is 2.94. The van der Waals surface area contributed by atoms with Crippen molar-refractivity contribution in [3.8, 4) is 0 Å². The quantitative estimate of drug-likeness (QED) is 0.859. The summed E-state index contributed by atoms with van der Waals surface area (Å²) < 4.78 is 0. The standard InChI is InChI=1S/C17H19NO3S/c1-11(10-22-2)16(19)18-15(17(20)21)14-8-7-12-5-3-4-6-13(12)9-14/h3-9,11,15H,10H2,1-2H3,(H,18,19)(H,20,21).